The molecule has 668 valence electrons. The van der Waals surface area contributed by atoms with Crippen LogP contribution >= 0.6 is 0 Å². The Morgan fingerprint density at radius 2 is 0.431 bits per heavy atom. The first-order chi connectivity index (χ1) is 71.3. The van der Waals surface area contributed by atoms with Crippen LogP contribution in [0.5, 0.6) is 0 Å². The summed E-state index contributed by atoms with van der Waals surface area (Å²) in [6, 6.07) is 149. The molecule has 21 aromatic carbocycles. The molecule has 144 heavy (non-hydrogen) atoms. The zero-order valence-electron chi connectivity index (χ0n) is 76.5. The Bertz CT molecular complexity index is 10600. The van der Waals surface area contributed by atoms with E-state index in [1.807, 2.05) is 164 Å². The van der Waals surface area contributed by atoms with Gasteiger partial charge in [-0.15, -0.1) is 0 Å². The third-order valence-corrected chi connectivity index (χ3v) is 28.5. The minimum Gasteiger partial charge on any atom is -0.456 e. The van der Waals surface area contributed by atoms with E-state index in [4.69, 9.17) is 71.4 Å². The van der Waals surface area contributed by atoms with E-state index in [9.17, 15) is 0 Å². The Morgan fingerprint density at radius 1 is 0.111 bits per heavy atom. The van der Waals surface area contributed by atoms with Crippen LogP contribution in [-0.4, -0.2) is 44.9 Å². The van der Waals surface area contributed by atoms with Crippen molar-refractivity contribution in [1.82, 2.24) is 44.9 Å². The first-order valence-electron chi connectivity index (χ1n) is 48.0. The van der Waals surface area contributed by atoms with Crippen LogP contribution in [0.25, 0.3) is 322 Å². The molecule has 0 fully saturated rings. The Balaban J connectivity index is 0.497. The second-order valence-corrected chi connectivity index (χ2v) is 36.8. The van der Waals surface area contributed by atoms with E-state index in [-0.39, 0.29) is 0 Å². The van der Waals surface area contributed by atoms with Crippen molar-refractivity contribution in [2.75, 3.05) is 0 Å². The molecule has 0 atom stereocenters. The monoisotopic (exact) mass is 1840 g/mol. The second kappa shape index (κ2) is 31.9. The fraction of sp³-hybridized carbons (Fsp3) is 0. The van der Waals surface area contributed by atoms with E-state index < -0.39 is 0 Å². The first-order valence-corrected chi connectivity index (χ1v) is 48.0. The van der Waals surface area contributed by atoms with E-state index in [1.54, 1.807) is 0 Å². The Kier molecular flexibility index (Phi) is 17.8. The van der Waals surface area contributed by atoms with Crippen LogP contribution in [0.1, 0.15) is 0 Å². The Morgan fingerprint density at radius 3 is 0.979 bits per heavy atom. The topological polar surface area (TPSA) is 195 Å². The molecule has 9 aromatic heterocycles. The van der Waals surface area contributed by atoms with Gasteiger partial charge in [-0.3, -0.25) is 0 Å². The van der Waals surface area contributed by atoms with Gasteiger partial charge in [0.05, 0.1) is 0 Å². The van der Waals surface area contributed by atoms with Gasteiger partial charge in [0, 0.05) is 120 Å². The number of furan rings is 6. The number of hydrogen-bond donors (Lipinski definition) is 0. The highest BCUT2D eigenvalue weighted by Gasteiger charge is 2.28. The molecule has 0 spiro atoms. The van der Waals surface area contributed by atoms with Crippen LogP contribution in [0.4, 0.5) is 0 Å². The third-order valence-electron chi connectivity index (χ3n) is 28.5. The summed E-state index contributed by atoms with van der Waals surface area (Å²) in [6.45, 7) is 0. The van der Waals surface area contributed by atoms with Crippen molar-refractivity contribution in [2.24, 2.45) is 0 Å². The SMILES string of the molecule is c1ccc(-c2nc(-c3ccc(-c4cccc5c(-c6cccc(-c7nc(-c8ccc(-c9cccc%10c9ccc9oc%11cc(-c%12cc(-c%13nc(-c%14ccccc%14)nc(-c%14ccc(-c%15ccc%16c(ccc%17oc%18ccccc%18c%17%16)c%15)cc%14)n%13)c%13c(c%12)oc%12ccccc%12%13)ccc%11c9%10)cc8)nc(-c8cccc9oc%10ccccc%10c89)n7)c6)cc6oc7ccccc7c6c45)cc3)nc(-c3cccc4oc5ccccc5c34)n2)cc1. The van der Waals surface area contributed by atoms with Crippen molar-refractivity contribution in [3.05, 3.63) is 431 Å². The van der Waals surface area contributed by atoms with E-state index in [1.165, 1.54) is 0 Å². The molecule has 30 rings (SSSR count). The summed E-state index contributed by atoms with van der Waals surface area (Å²) < 4.78 is 39.9. The molecule has 15 heteroatoms. The van der Waals surface area contributed by atoms with Gasteiger partial charge in [0.15, 0.2) is 52.4 Å². The van der Waals surface area contributed by atoms with Crippen LogP contribution in [0.2, 0.25) is 0 Å². The van der Waals surface area contributed by atoms with Gasteiger partial charge in [-0.1, -0.05) is 334 Å². The first kappa shape index (κ1) is 80.3. The van der Waals surface area contributed by atoms with Crippen molar-refractivity contribution in [3.63, 3.8) is 0 Å². The quantitative estimate of drug-likeness (QED) is 0.0996. The molecular formula is C129H71N9O6. The zero-order valence-corrected chi connectivity index (χ0v) is 76.5. The number of para-hydroxylation sites is 5. The van der Waals surface area contributed by atoms with Crippen LogP contribution in [0.15, 0.2) is 457 Å². The lowest BCUT2D eigenvalue weighted by Gasteiger charge is -2.15. The molecule has 30 aromatic rings. The molecule has 0 saturated heterocycles. The maximum atomic E-state index is 6.96. The Labute approximate surface area is 818 Å². The van der Waals surface area contributed by atoms with Gasteiger partial charge in [0.2, 0.25) is 0 Å². The predicted molar refractivity (Wildman–Crippen MR) is 579 cm³/mol. The van der Waals surface area contributed by atoms with Gasteiger partial charge in [0.25, 0.3) is 0 Å². The lowest BCUT2D eigenvalue weighted by Crippen LogP contribution is -2.00. The largest absolute Gasteiger partial charge is 0.456 e. The molecule has 0 radical (unpaired) electrons. The maximum Gasteiger partial charge on any atom is 0.164 e. The number of fused-ring (bicyclic) bond motifs is 24. The summed E-state index contributed by atoms with van der Waals surface area (Å²) in [5.74, 6) is 4.78. The molecule has 0 aliphatic heterocycles. The van der Waals surface area contributed by atoms with Gasteiger partial charge in [-0.25, -0.2) is 44.9 Å². The summed E-state index contributed by atoms with van der Waals surface area (Å²) in [6.07, 6.45) is 0. The summed E-state index contributed by atoms with van der Waals surface area (Å²) in [5.41, 5.74) is 26.9. The summed E-state index contributed by atoms with van der Waals surface area (Å²) in [4.78, 5) is 48.0. The van der Waals surface area contributed by atoms with E-state index in [0.29, 0.717) is 58.0 Å². The van der Waals surface area contributed by atoms with Crippen LogP contribution < -0.4 is 0 Å². The van der Waals surface area contributed by atoms with Crippen LogP contribution in [0, 0.1) is 0 Å². The number of benzene rings is 21. The molecular weight excluding hydrogens is 1770 g/mol. The van der Waals surface area contributed by atoms with Crippen molar-refractivity contribution < 1.29 is 26.5 Å². The highest BCUT2D eigenvalue weighted by Crippen LogP contribution is 2.50. The fourth-order valence-electron chi connectivity index (χ4n) is 21.7. The molecule has 0 bridgehead atoms. The van der Waals surface area contributed by atoms with Gasteiger partial charge in [0.1, 0.15) is 67.0 Å². The fourth-order valence-corrected chi connectivity index (χ4v) is 21.7. The van der Waals surface area contributed by atoms with Crippen molar-refractivity contribution in [1.29, 1.82) is 0 Å². The van der Waals surface area contributed by atoms with Gasteiger partial charge >= 0.3 is 0 Å². The normalized spacial score (nSPS) is 12.0. The Hall–Kier alpha value is -19.8. The number of aromatic nitrogens is 9. The standard InChI is InChI=1S/C129H71N9O6/c1-3-22-75(23-4-1)121-130-123(134-127(133-121)98-37-20-44-107-116(98)93-29-8-13-40-103(93)139-107)79-56-50-74(51-57-79)87-34-19-36-91-100(71-113-120(119(87)91)96-32-11-16-43-106(96)143-113)82-26-17-27-84(67-82)126-132-125(135-128(138-126)99-38-21-45-108-117(99)94-30-9-14-41-104(94)140-108)78-54-48-73(49-55-78)86-33-18-35-90-89(86)63-65-110-115(90)97-62-59-81(69-111(97)144-110)85-68-101(118-95-31-10-15-42-105(95)142-112(118)70-85)129-136-122(76-24-5-2-6-25-76)131-124(137-129)77-52-46-72(47-53-77)80-58-61-88-83(66-80)60-64-109-114(88)92-28-7-12-39-102(92)141-109/h1-71H. The van der Waals surface area contributed by atoms with Gasteiger partial charge < -0.3 is 26.5 Å². The van der Waals surface area contributed by atoms with E-state index in [2.05, 4.69) is 267 Å². The number of nitrogens with zero attached hydrogens (tertiary/aromatic N) is 9. The highest BCUT2D eigenvalue weighted by molar-refractivity contribution is 6.27. The lowest BCUT2D eigenvalue weighted by atomic mass is 9.89. The van der Waals surface area contributed by atoms with Gasteiger partial charge in [-0.2, -0.15) is 0 Å². The molecule has 0 unspecified atom stereocenters. The number of hydrogen-bond acceptors (Lipinski definition) is 15. The van der Waals surface area contributed by atoms with Crippen molar-refractivity contribution in [3.8, 4) is 158 Å². The van der Waals surface area contributed by atoms with Crippen molar-refractivity contribution in [2.45, 2.75) is 0 Å². The molecule has 0 N–H and O–H groups in total. The van der Waals surface area contributed by atoms with E-state index in [0.717, 1.165) is 264 Å². The molecule has 0 amide bonds. The average molecular weight is 1840 g/mol. The summed E-state index contributed by atoms with van der Waals surface area (Å²) in [5, 5.41) is 18.5. The second-order valence-electron chi connectivity index (χ2n) is 36.8. The molecule has 9 heterocycles. The third kappa shape index (κ3) is 13.0. The maximum absolute atomic E-state index is 6.96. The summed E-state index contributed by atoms with van der Waals surface area (Å²) in [7, 11) is 0. The molecule has 0 aliphatic carbocycles. The van der Waals surface area contributed by atoms with Crippen LogP contribution in [0.3, 0.4) is 0 Å². The van der Waals surface area contributed by atoms with Crippen LogP contribution in [-0.2, 0) is 0 Å². The number of rotatable bonds is 14. The molecule has 15 nitrogen and oxygen atoms in total. The van der Waals surface area contributed by atoms with Gasteiger partial charge in [-0.05, 0) is 180 Å². The zero-order chi connectivity index (χ0) is 94.3. The average Bonchev–Trinajstić information content (AvgIpc) is 1.56. The minimum atomic E-state index is 0.498. The van der Waals surface area contributed by atoms with Crippen molar-refractivity contribution >= 4 is 164 Å². The van der Waals surface area contributed by atoms with E-state index >= 15 is 0 Å². The highest BCUT2D eigenvalue weighted by atomic mass is 16.3. The minimum absolute atomic E-state index is 0.498. The molecule has 0 aliphatic rings. The lowest BCUT2D eigenvalue weighted by molar-refractivity contribution is 0.668. The summed E-state index contributed by atoms with van der Waals surface area (Å²) >= 11 is 0. The smallest absolute Gasteiger partial charge is 0.164 e. The predicted octanol–water partition coefficient (Wildman–Crippen LogP) is 34.4. The molecule has 0 saturated carbocycles.